The molecule has 2 aromatic carbocycles. The van der Waals surface area contributed by atoms with E-state index < -0.39 is 0 Å². The first kappa shape index (κ1) is 17.2. The van der Waals surface area contributed by atoms with Crippen LogP contribution in [0.1, 0.15) is 37.8 Å². The molecule has 0 atom stereocenters. The molecule has 122 valence electrons. The molecule has 0 aliphatic rings. The second-order valence-corrected chi connectivity index (χ2v) is 6.08. The zero-order valence-electron chi connectivity index (χ0n) is 14.3. The van der Waals surface area contributed by atoms with E-state index in [9.17, 15) is 4.79 Å². The number of carbonyl (C=O) groups excluding carboxylic acids is 1. The summed E-state index contributed by atoms with van der Waals surface area (Å²) in [4.78, 5) is 14.5. The third kappa shape index (κ3) is 5.22. The Hall–Kier alpha value is -2.13. The maximum atomic E-state index is 12.4. The molecule has 3 nitrogen and oxygen atoms in total. The Morgan fingerprint density at radius 3 is 2.35 bits per heavy atom. The summed E-state index contributed by atoms with van der Waals surface area (Å²) in [5.74, 6) is 0.425. The minimum Gasteiger partial charge on any atom is -0.325 e. The number of anilines is 1. The summed E-state index contributed by atoms with van der Waals surface area (Å²) >= 11 is 0. The monoisotopic (exact) mass is 310 g/mol. The van der Waals surface area contributed by atoms with E-state index in [1.54, 1.807) is 0 Å². The fraction of sp³-hybridized carbons (Fsp3) is 0.350. The van der Waals surface area contributed by atoms with Gasteiger partial charge in [0, 0.05) is 12.2 Å². The van der Waals surface area contributed by atoms with Crippen LogP contribution < -0.4 is 5.32 Å². The molecule has 0 bridgehead atoms. The van der Waals surface area contributed by atoms with Gasteiger partial charge in [0.1, 0.15) is 0 Å². The van der Waals surface area contributed by atoms with Crippen molar-refractivity contribution in [3.63, 3.8) is 0 Å². The van der Waals surface area contributed by atoms with Crippen molar-refractivity contribution in [2.24, 2.45) is 0 Å². The van der Waals surface area contributed by atoms with E-state index in [1.165, 1.54) is 11.1 Å². The Kier molecular flexibility index (Phi) is 6.36. The zero-order valence-corrected chi connectivity index (χ0v) is 14.3. The van der Waals surface area contributed by atoms with Crippen molar-refractivity contribution in [2.45, 2.75) is 33.2 Å². The standard InChI is InChI=1S/C20H26N2O/c1-4-22(14-17-10-6-5-7-11-17)15-20(23)21-19-13-9-8-12-18(19)16(2)3/h5-13,16H,4,14-15H2,1-3H3,(H,21,23). The van der Waals surface area contributed by atoms with E-state index in [0.717, 1.165) is 18.8 Å². The summed E-state index contributed by atoms with van der Waals surface area (Å²) in [6.07, 6.45) is 0. The highest BCUT2D eigenvalue weighted by atomic mass is 16.2. The number of nitrogens with zero attached hydrogens (tertiary/aromatic N) is 1. The van der Waals surface area contributed by atoms with Crippen molar-refractivity contribution in [3.8, 4) is 0 Å². The van der Waals surface area contributed by atoms with Gasteiger partial charge in [-0.1, -0.05) is 69.3 Å². The number of likely N-dealkylation sites (N-methyl/N-ethyl adjacent to an activating group) is 1. The quantitative estimate of drug-likeness (QED) is 0.828. The number of hydrogen-bond donors (Lipinski definition) is 1. The van der Waals surface area contributed by atoms with Crippen molar-refractivity contribution < 1.29 is 4.79 Å². The molecule has 0 unspecified atom stereocenters. The van der Waals surface area contributed by atoms with Gasteiger partial charge in [0.15, 0.2) is 0 Å². The highest BCUT2D eigenvalue weighted by Gasteiger charge is 2.12. The smallest absolute Gasteiger partial charge is 0.238 e. The molecule has 3 heteroatoms. The Bertz CT molecular complexity index is 623. The lowest BCUT2D eigenvalue weighted by Gasteiger charge is -2.21. The van der Waals surface area contributed by atoms with Crippen molar-refractivity contribution in [2.75, 3.05) is 18.4 Å². The van der Waals surface area contributed by atoms with Crippen LogP contribution in [0.3, 0.4) is 0 Å². The highest BCUT2D eigenvalue weighted by molar-refractivity contribution is 5.93. The van der Waals surface area contributed by atoms with E-state index >= 15 is 0 Å². The molecule has 0 spiro atoms. The topological polar surface area (TPSA) is 32.3 Å². The molecule has 2 rings (SSSR count). The number of benzene rings is 2. The number of hydrogen-bond acceptors (Lipinski definition) is 2. The summed E-state index contributed by atoms with van der Waals surface area (Å²) in [7, 11) is 0. The summed E-state index contributed by atoms with van der Waals surface area (Å²) in [5.41, 5.74) is 3.32. The van der Waals surface area contributed by atoms with Gasteiger partial charge in [-0.3, -0.25) is 9.69 Å². The van der Waals surface area contributed by atoms with Gasteiger partial charge < -0.3 is 5.32 Å². The Labute approximate surface area is 139 Å². The van der Waals surface area contributed by atoms with Crippen LogP contribution in [0.25, 0.3) is 0 Å². The zero-order chi connectivity index (χ0) is 16.7. The lowest BCUT2D eigenvalue weighted by molar-refractivity contribution is -0.117. The Morgan fingerprint density at radius 1 is 1.04 bits per heavy atom. The normalized spacial score (nSPS) is 11.0. The third-order valence-corrected chi connectivity index (χ3v) is 3.92. The van der Waals surface area contributed by atoms with E-state index in [0.29, 0.717) is 12.5 Å². The third-order valence-electron chi connectivity index (χ3n) is 3.92. The van der Waals surface area contributed by atoms with Gasteiger partial charge in [0.05, 0.1) is 6.54 Å². The van der Waals surface area contributed by atoms with Crippen molar-refractivity contribution in [1.29, 1.82) is 0 Å². The molecule has 23 heavy (non-hydrogen) atoms. The van der Waals surface area contributed by atoms with E-state index in [1.807, 2.05) is 36.4 Å². The Morgan fingerprint density at radius 2 is 1.70 bits per heavy atom. The Balaban J connectivity index is 1.98. The molecule has 0 saturated carbocycles. The number of nitrogens with one attached hydrogen (secondary N) is 1. The second-order valence-electron chi connectivity index (χ2n) is 6.08. The average molecular weight is 310 g/mol. The number of rotatable bonds is 7. The minimum absolute atomic E-state index is 0.0379. The first-order chi connectivity index (χ1) is 11.1. The fourth-order valence-corrected chi connectivity index (χ4v) is 2.63. The average Bonchev–Trinajstić information content (AvgIpc) is 2.55. The van der Waals surface area contributed by atoms with Crippen LogP contribution in [0.4, 0.5) is 5.69 Å². The molecule has 0 aromatic heterocycles. The maximum Gasteiger partial charge on any atom is 0.238 e. The number of para-hydroxylation sites is 1. The molecule has 0 aliphatic carbocycles. The summed E-state index contributed by atoms with van der Waals surface area (Å²) in [5, 5.41) is 3.06. The highest BCUT2D eigenvalue weighted by Crippen LogP contribution is 2.23. The van der Waals surface area contributed by atoms with Crippen LogP contribution in [0.5, 0.6) is 0 Å². The van der Waals surface area contributed by atoms with Crippen LogP contribution in [0, 0.1) is 0 Å². The lowest BCUT2D eigenvalue weighted by atomic mass is 10.0. The second kappa shape index (κ2) is 8.49. The van der Waals surface area contributed by atoms with Crippen molar-refractivity contribution in [1.82, 2.24) is 4.90 Å². The molecule has 0 radical (unpaired) electrons. The first-order valence-corrected chi connectivity index (χ1v) is 8.25. The summed E-state index contributed by atoms with van der Waals surface area (Å²) < 4.78 is 0. The van der Waals surface area contributed by atoms with E-state index in [2.05, 4.69) is 49.2 Å². The van der Waals surface area contributed by atoms with Gasteiger partial charge in [-0.05, 0) is 29.7 Å². The largest absolute Gasteiger partial charge is 0.325 e. The number of amides is 1. The lowest BCUT2D eigenvalue weighted by Crippen LogP contribution is -2.33. The maximum absolute atomic E-state index is 12.4. The molecule has 1 amide bonds. The molecule has 0 fully saturated rings. The van der Waals surface area contributed by atoms with Crippen LogP contribution in [-0.2, 0) is 11.3 Å². The van der Waals surface area contributed by atoms with Crippen LogP contribution >= 0.6 is 0 Å². The van der Waals surface area contributed by atoms with Gasteiger partial charge >= 0.3 is 0 Å². The molecule has 0 heterocycles. The van der Waals surface area contributed by atoms with Crippen molar-refractivity contribution in [3.05, 3.63) is 65.7 Å². The summed E-state index contributed by atoms with van der Waals surface area (Å²) in [6, 6.07) is 18.3. The van der Waals surface area contributed by atoms with E-state index in [4.69, 9.17) is 0 Å². The van der Waals surface area contributed by atoms with Crippen LogP contribution in [0.2, 0.25) is 0 Å². The van der Waals surface area contributed by atoms with Gasteiger partial charge in [-0.2, -0.15) is 0 Å². The molecular weight excluding hydrogens is 284 g/mol. The van der Waals surface area contributed by atoms with Crippen LogP contribution in [0.15, 0.2) is 54.6 Å². The minimum atomic E-state index is 0.0379. The molecule has 2 aromatic rings. The molecule has 1 N–H and O–H groups in total. The molecular formula is C20H26N2O. The first-order valence-electron chi connectivity index (χ1n) is 8.25. The van der Waals surface area contributed by atoms with Gasteiger partial charge in [-0.15, -0.1) is 0 Å². The van der Waals surface area contributed by atoms with E-state index in [-0.39, 0.29) is 5.91 Å². The molecule has 0 saturated heterocycles. The summed E-state index contributed by atoms with van der Waals surface area (Å²) in [6.45, 7) is 8.39. The van der Waals surface area contributed by atoms with Crippen molar-refractivity contribution >= 4 is 11.6 Å². The molecule has 0 aliphatic heterocycles. The van der Waals surface area contributed by atoms with Gasteiger partial charge in [-0.25, -0.2) is 0 Å². The van der Waals surface area contributed by atoms with Gasteiger partial charge in [0.2, 0.25) is 5.91 Å². The fourth-order valence-electron chi connectivity index (χ4n) is 2.63. The number of carbonyl (C=O) groups is 1. The van der Waals surface area contributed by atoms with Gasteiger partial charge in [0.25, 0.3) is 0 Å². The van der Waals surface area contributed by atoms with Crippen LogP contribution in [-0.4, -0.2) is 23.9 Å². The predicted molar refractivity (Wildman–Crippen MR) is 96.6 cm³/mol. The predicted octanol–water partition coefficient (Wildman–Crippen LogP) is 4.27. The SMILES string of the molecule is CCN(CC(=O)Nc1ccccc1C(C)C)Cc1ccccc1.